The van der Waals surface area contributed by atoms with Crippen molar-refractivity contribution in [1.82, 2.24) is 4.98 Å². The fraction of sp³-hybridized carbons (Fsp3) is 0.308. The zero-order valence-electron chi connectivity index (χ0n) is 9.74. The molecular weight excluding hydrogens is 219 g/mol. The van der Waals surface area contributed by atoms with E-state index in [0.717, 1.165) is 23.4 Å². The number of hydrogen-bond donors (Lipinski definition) is 1. The maximum atomic E-state index is 13.2. The van der Waals surface area contributed by atoms with Crippen LogP contribution in [-0.4, -0.2) is 11.5 Å². The molecule has 2 aromatic rings. The Kier molecular flexibility index (Phi) is 3.54. The summed E-state index contributed by atoms with van der Waals surface area (Å²) < 4.78 is 18.8. The summed E-state index contributed by atoms with van der Waals surface area (Å²) in [6.45, 7) is 2.47. The monoisotopic (exact) mass is 234 g/mol. The van der Waals surface area contributed by atoms with Gasteiger partial charge >= 0.3 is 0 Å². The molecule has 0 bridgehead atoms. The molecule has 17 heavy (non-hydrogen) atoms. The van der Waals surface area contributed by atoms with E-state index < -0.39 is 0 Å². The molecule has 1 aromatic heterocycles. The summed E-state index contributed by atoms with van der Waals surface area (Å²) in [5.41, 5.74) is 6.93. The highest BCUT2D eigenvalue weighted by atomic mass is 19.1. The van der Waals surface area contributed by atoms with E-state index in [0.29, 0.717) is 18.9 Å². The second-order valence-corrected chi connectivity index (χ2v) is 3.78. The van der Waals surface area contributed by atoms with Gasteiger partial charge in [-0.15, -0.1) is 0 Å². The van der Waals surface area contributed by atoms with Crippen LogP contribution in [0, 0.1) is 5.82 Å². The Hall–Kier alpha value is -1.68. The Morgan fingerprint density at radius 1 is 1.41 bits per heavy atom. The van der Waals surface area contributed by atoms with E-state index in [1.807, 2.05) is 13.0 Å². The summed E-state index contributed by atoms with van der Waals surface area (Å²) in [4.78, 5) is 4.37. The van der Waals surface area contributed by atoms with E-state index in [-0.39, 0.29) is 5.82 Å². The van der Waals surface area contributed by atoms with Crippen LogP contribution in [0.3, 0.4) is 0 Å². The molecule has 0 aliphatic rings. The first-order chi connectivity index (χ1) is 8.24. The molecule has 0 unspecified atom stereocenters. The minimum absolute atomic E-state index is 0.270. The van der Waals surface area contributed by atoms with E-state index in [1.165, 1.54) is 12.1 Å². The van der Waals surface area contributed by atoms with Crippen LogP contribution in [0.2, 0.25) is 0 Å². The number of hydrogen-bond acceptors (Lipinski definition) is 3. The summed E-state index contributed by atoms with van der Waals surface area (Å²) >= 11 is 0. The smallest absolute Gasteiger partial charge is 0.196 e. The van der Waals surface area contributed by atoms with Gasteiger partial charge in [0.05, 0.1) is 0 Å². The van der Waals surface area contributed by atoms with Crippen LogP contribution in [0.4, 0.5) is 4.39 Å². The molecule has 0 radical (unpaired) electrons. The van der Waals surface area contributed by atoms with Crippen LogP contribution < -0.4 is 5.73 Å². The maximum Gasteiger partial charge on any atom is 0.196 e. The SMILES string of the molecule is CCc1oc(CCN)nc1-c1cccc(F)c1. The standard InChI is InChI=1S/C13H15FN2O/c1-2-11-13(16-12(17-11)6-7-15)9-4-3-5-10(14)8-9/h3-5,8H,2,6-7,15H2,1H3. The molecule has 90 valence electrons. The molecule has 0 aliphatic heterocycles. The second kappa shape index (κ2) is 5.10. The molecule has 3 nitrogen and oxygen atoms in total. The van der Waals surface area contributed by atoms with Crippen LogP contribution in [0.5, 0.6) is 0 Å². The van der Waals surface area contributed by atoms with Gasteiger partial charge in [0.2, 0.25) is 0 Å². The van der Waals surface area contributed by atoms with Crippen molar-refractivity contribution in [3.8, 4) is 11.3 Å². The number of aryl methyl sites for hydroxylation is 1. The Balaban J connectivity index is 2.43. The number of nitrogens with zero attached hydrogens (tertiary/aromatic N) is 1. The van der Waals surface area contributed by atoms with Gasteiger partial charge in [-0.2, -0.15) is 0 Å². The molecule has 0 atom stereocenters. The number of nitrogens with two attached hydrogens (primary N) is 1. The van der Waals surface area contributed by atoms with Crippen LogP contribution in [0.15, 0.2) is 28.7 Å². The zero-order valence-corrected chi connectivity index (χ0v) is 9.74. The normalized spacial score (nSPS) is 10.8. The van der Waals surface area contributed by atoms with Gasteiger partial charge in [-0.1, -0.05) is 19.1 Å². The average Bonchev–Trinajstić information content (AvgIpc) is 2.73. The number of benzene rings is 1. The summed E-state index contributed by atoms with van der Waals surface area (Å²) in [6, 6.07) is 6.37. The topological polar surface area (TPSA) is 52.0 Å². The molecule has 0 fully saturated rings. The minimum atomic E-state index is -0.270. The van der Waals surface area contributed by atoms with Gasteiger partial charge in [-0.25, -0.2) is 9.37 Å². The lowest BCUT2D eigenvalue weighted by molar-refractivity contribution is 0.460. The molecule has 1 aromatic carbocycles. The van der Waals surface area contributed by atoms with Crippen LogP contribution >= 0.6 is 0 Å². The Morgan fingerprint density at radius 2 is 2.24 bits per heavy atom. The molecule has 4 heteroatoms. The molecule has 0 saturated heterocycles. The third-order valence-corrected chi connectivity index (χ3v) is 2.52. The third-order valence-electron chi connectivity index (χ3n) is 2.52. The van der Waals surface area contributed by atoms with Crippen molar-refractivity contribution in [2.45, 2.75) is 19.8 Å². The molecule has 1 heterocycles. The molecular formula is C13H15FN2O. The van der Waals surface area contributed by atoms with Gasteiger partial charge in [-0.05, 0) is 12.1 Å². The average molecular weight is 234 g/mol. The summed E-state index contributed by atoms with van der Waals surface area (Å²) in [5, 5.41) is 0. The highest BCUT2D eigenvalue weighted by Gasteiger charge is 2.13. The predicted octanol–water partition coefficient (Wildman–Crippen LogP) is 2.54. The lowest BCUT2D eigenvalue weighted by Crippen LogP contribution is -2.02. The quantitative estimate of drug-likeness (QED) is 0.884. The highest BCUT2D eigenvalue weighted by molar-refractivity contribution is 5.61. The van der Waals surface area contributed by atoms with Gasteiger partial charge in [0.15, 0.2) is 5.89 Å². The van der Waals surface area contributed by atoms with Crippen molar-refractivity contribution in [3.05, 3.63) is 41.7 Å². The van der Waals surface area contributed by atoms with Gasteiger partial charge < -0.3 is 10.2 Å². The molecule has 0 saturated carbocycles. The van der Waals surface area contributed by atoms with Crippen LogP contribution in [0.1, 0.15) is 18.6 Å². The third kappa shape index (κ3) is 2.53. The fourth-order valence-electron chi connectivity index (χ4n) is 1.73. The zero-order chi connectivity index (χ0) is 12.3. The van der Waals surface area contributed by atoms with Gasteiger partial charge in [-0.3, -0.25) is 0 Å². The maximum absolute atomic E-state index is 13.2. The van der Waals surface area contributed by atoms with Crippen molar-refractivity contribution in [2.75, 3.05) is 6.54 Å². The lowest BCUT2D eigenvalue weighted by Gasteiger charge is -1.98. The van der Waals surface area contributed by atoms with Crippen LogP contribution in [0.25, 0.3) is 11.3 Å². The molecule has 0 aliphatic carbocycles. The fourth-order valence-corrected chi connectivity index (χ4v) is 1.73. The molecule has 2 rings (SSSR count). The first-order valence-corrected chi connectivity index (χ1v) is 5.69. The lowest BCUT2D eigenvalue weighted by atomic mass is 10.1. The van der Waals surface area contributed by atoms with E-state index in [2.05, 4.69) is 4.98 Å². The highest BCUT2D eigenvalue weighted by Crippen LogP contribution is 2.25. The largest absolute Gasteiger partial charge is 0.445 e. The van der Waals surface area contributed by atoms with E-state index >= 15 is 0 Å². The van der Waals surface area contributed by atoms with Crippen LogP contribution in [-0.2, 0) is 12.8 Å². The Bertz CT molecular complexity index is 508. The van der Waals surface area contributed by atoms with Crippen molar-refractivity contribution in [1.29, 1.82) is 0 Å². The molecule has 0 spiro atoms. The first-order valence-electron chi connectivity index (χ1n) is 5.69. The Labute approximate surface area is 99.5 Å². The number of halogens is 1. The van der Waals surface area contributed by atoms with E-state index in [4.69, 9.17) is 10.2 Å². The second-order valence-electron chi connectivity index (χ2n) is 3.78. The first kappa shape index (κ1) is 11.8. The summed E-state index contributed by atoms with van der Waals surface area (Å²) in [5.74, 6) is 1.12. The predicted molar refractivity (Wildman–Crippen MR) is 64.0 cm³/mol. The van der Waals surface area contributed by atoms with Crippen molar-refractivity contribution < 1.29 is 8.81 Å². The van der Waals surface area contributed by atoms with Crippen molar-refractivity contribution >= 4 is 0 Å². The summed E-state index contributed by atoms with van der Waals surface area (Å²) in [6.07, 6.45) is 1.33. The van der Waals surface area contributed by atoms with Crippen molar-refractivity contribution in [3.63, 3.8) is 0 Å². The van der Waals surface area contributed by atoms with E-state index in [1.54, 1.807) is 6.07 Å². The van der Waals surface area contributed by atoms with E-state index in [9.17, 15) is 4.39 Å². The van der Waals surface area contributed by atoms with Gasteiger partial charge in [0, 0.05) is 24.9 Å². The number of oxazole rings is 1. The van der Waals surface area contributed by atoms with Gasteiger partial charge in [0.25, 0.3) is 0 Å². The molecule has 2 N–H and O–H groups in total. The Morgan fingerprint density at radius 3 is 2.88 bits per heavy atom. The van der Waals surface area contributed by atoms with Gasteiger partial charge in [0.1, 0.15) is 17.3 Å². The number of aromatic nitrogens is 1. The summed E-state index contributed by atoms with van der Waals surface area (Å²) in [7, 11) is 0. The van der Waals surface area contributed by atoms with Crippen molar-refractivity contribution in [2.24, 2.45) is 5.73 Å². The minimum Gasteiger partial charge on any atom is -0.445 e. The number of rotatable bonds is 4. The molecule has 0 amide bonds.